The number of thiophene rings is 1. The van der Waals surface area contributed by atoms with Gasteiger partial charge >= 0.3 is 10.8 Å². The van der Waals surface area contributed by atoms with Crippen molar-refractivity contribution in [2.75, 3.05) is 0 Å². The maximum absolute atomic E-state index is 11.9. The van der Waals surface area contributed by atoms with Gasteiger partial charge in [-0.3, -0.25) is 14.3 Å². The average molecular weight is 292 g/mol. The Kier molecular flexibility index (Phi) is 2.92. The van der Waals surface area contributed by atoms with Crippen LogP contribution in [-0.2, 0) is 6.54 Å². The molecule has 0 bridgehead atoms. The predicted molar refractivity (Wildman–Crippen MR) is 74.3 cm³/mol. The topological polar surface area (TPSA) is 72.2 Å². The summed E-state index contributed by atoms with van der Waals surface area (Å²) >= 11 is 2.20. The van der Waals surface area contributed by atoms with Crippen LogP contribution >= 0.6 is 22.7 Å². The Labute approximate surface area is 115 Å². The lowest BCUT2D eigenvalue weighted by atomic mass is 10.3. The summed E-state index contributed by atoms with van der Waals surface area (Å²) < 4.78 is 2.31. The number of carboxylic acid groups (broad SMARTS) is 1. The molecule has 0 radical (unpaired) electrons. The van der Waals surface area contributed by atoms with Gasteiger partial charge in [0.25, 0.3) is 0 Å². The SMILES string of the molecule is O=C(O)c1cc2sc(=O)n(Cc3cccnc3)c2s1. The lowest BCUT2D eigenvalue weighted by Gasteiger charge is -2.01. The van der Waals surface area contributed by atoms with Gasteiger partial charge in [-0.05, 0) is 17.7 Å². The van der Waals surface area contributed by atoms with Gasteiger partial charge in [0.2, 0.25) is 0 Å². The number of pyridine rings is 1. The Bertz CT molecular complexity index is 801. The van der Waals surface area contributed by atoms with Crippen LogP contribution in [0.4, 0.5) is 0 Å². The van der Waals surface area contributed by atoms with Crippen LogP contribution < -0.4 is 4.87 Å². The van der Waals surface area contributed by atoms with E-state index in [4.69, 9.17) is 5.11 Å². The van der Waals surface area contributed by atoms with Gasteiger partial charge in [-0.1, -0.05) is 17.4 Å². The molecule has 0 saturated heterocycles. The third-order valence-corrected chi connectivity index (χ3v) is 4.82. The summed E-state index contributed by atoms with van der Waals surface area (Å²) in [5.74, 6) is -0.964. The van der Waals surface area contributed by atoms with Gasteiger partial charge in [0, 0.05) is 12.4 Å². The summed E-state index contributed by atoms with van der Waals surface area (Å²) in [7, 11) is 0. The molecule has 0 aliphatic heterocycles. The molecule has 3 aromatic rings. The summed E-state index contributed by atoms with van der Waals surface area (Å²) in [6, 6.07) is 5.24. The number of hydrogen-bond donors (Lipinski definition) is 1. The molecule has 5 nitrogen and oxygen atoms in total. The molecule has 3 rings (SSSR count). The summed E-state index contributed by atoms with van der Waals surface area (Å²) in [6.45, 7) is 0.409. The van der Waals surface area contributed by atoms with E-state index in [2.05, 4.69) is 4.98 Å². The van der Waals surface area contributed by atoms with Crippen molar-refractivity contribution >= 4 is 38.2 Å². The maximum Gasteiger partial charge on any atom is 0.345 e. The Morgan fingerprint density at radius 1 is 1.42 bits per heavy atom. The molecular formula is C12H8N2O3S2. The van der Waals surface area contributed by atoms with Gasteiger partial charge in [-0.15, -0.1) is 11.3 Å². The summed E-state index contributed by atoms with van der Waals surface area (Å²) in [5, 5.41) is 8.97. The molecule has 0 fully saturated rings. The Morgan fingerprint density at radius 3 is 2.95 bits per heavy atom. The van der Waals surface area contributed by atoms with E-state index in [9.17, 15) is 9.59 Å². The molecule has 1 N–H and O–H groups in total. The third kappa shape index (κ3) is 2.18. The second kappa shape index (κ2) is 4.60. The van der Waals surface area contributed by atoms with Crippen molar-refractivity contribution in [1.29, 1.82) is 0 Å². The van der Waals surface area contributed by atoms with Crippen LogP contribution in [0.15, 0.2) is 35.4 Å². The molecule has 19 heavy (non-hydrogen) atoms. The Hall–Kier alpha value is -1.99. The van der Waals surface area contributed by atoms with E-state index >= 15 is 0 Å². The number of carboxylic acids is 1. The van der Waals surface area contributed by atoms with Gasteiger partial charge in [0.15, 0.2) is 0 Å². The predicted octanol–water partition coefficient (Wildman–Crippen LogP) is 2.27. The number of aromatic nitrogens is 2. The highest BCUT2D eigenvalue weighted by Gasteiger charge is 2.15. The summed E-state index contributed by atoms with van der Waals surface area (Å²) in [4.78, 5) is 27.7. The zero-order valence-electron chi connectivity index (χ0n) is 9.57. The largest absolute Gasteiger partial charge is 0.477 e. The third-order valence-electron chi connectivity index (χ3n) is 2.62. The second-order valence-corrected chi connectivity index (χ2v) is 5.92. The molecule has 0 saturated carbocycles. The van der Waals surface area contributed by atoms with E-state index in [1.54, 1.807) is 29.1 Å². The Morgan fingerprint density at radius 2 is 2.26 bits per heavy atom. The lowest BCUT2D eigenvalue weighted by Crippen LogP contribution is -2.13. The molecule has 7 heteroatoms. The van der Waals surface area contributed by atoms with E-state index in [0.717, 1.165) is 32.9 Å². The zero-order valence-corrected chi connectivity index (χ0v) is 11.2. The summed E-state index contributed by atoms with van der Waals surface area (Å²) in [6.07, 6.45) is 3.37. The molecule has 0 aliphatic rings. The monoisotopic (exact) mass is 292 g/mol. The fourth-order valence-electron chi connectivity index (χ4n) is 1.77. The quantitative estimate of drug-likeness (QED) is 0.803. The van der Waals surface area contributed by atoms with Crippen molar-refractivity contribution in [3.8, 4) is 0 Å². The number of aromatic carboxylic acids is 1. The van der Waals surface area contributed by atoms with Gasteiger partial charge in [0.1, 0.15) is 9.71 Å². The van der Waals surface area contributed by atoms with Crippen molar-refractivity contribution in [3.05, 3.63) is 50.7 Å². The first kappa shape index (κ1) is 12.1. The van der Waals surface area contributed by atoms with Crippen molar-refractivity contribution < 1.29 is 9.90 Å². The first-order valence-corrected chi connectivity index (χ1v) is 7.04. The number of rotatable bonds is 3. The lowest BCUT2D eigenvalue weighted by molar-refractivity contribution is 0.0702. The molecule has 0 aliphatic carbocycles. The van der Waals surface area contributed by atoms with E-state index in [0.29, 0.717) is 11.4 Å². The van der Waals surface area contributed by atoms with Crippen LogP contribution in [0.1, 0.15) is 15.2 Å². The second-order valence-electron chi connectivity index (χ2n) is 3.90. The minimum absolute atomic E-state index is 0.0814. The van der Waals surface area contributed by atoms with Gasteiger partial charge in [-0.2, -0.15) is 0 Å². The van der Waals surface area contributed by atoms with Crippen molar-refractivity contribution in [3.63, 3.8) is 0 Å². The first-order valence-electron chi connectivity index (χ1n) is 5.40. The van der Waals surface area contributed by atoms with Crippen molar-refractivity contribution in [2.45, 2.75) is 6.54 Å². The fraction of sp³-hybridized carbons (Fsp3) is 0.0833. The molecular weight excluding hydrogens is 284 g/mol. The maximum atomic E-state index is 11.9. The average Bonchev–Trinajstić information content (AvgIpc) is 2.91. The van der Waals surface area contributed by atoms with Crippen molar-refractivity contribution in [1.82, 2.24) is 9.55 Å². The Balaban J connectivity index is 2.09. The van der Waals surface area contributed by atoms with Gasteiger partial charge < -0.3 is 5.11 Å². The number of nitrogens with zero attached hydrogens (tertiary/aromatic N) is 2. The highest BCUT2D eigenvalue weighted by atomic mass is 32.1. The normalized spacial score (nSPS) is 10.9. The molecule has 0 unspecified atom stereocenters. The number of thiazole rings is 1. The van der Waals surface area contributed by atoms with Gasteiger partial charge in [0.05, 0.1) is 11.2 Å². The molecule has 0 amide bonds. The minimum Gasteiger partial charge on any atom is -0.477 e. The highest BCUT2D eigenvalue weighted by molar-refractivity contribution is 7.27. The van der Waals surface area contributed by atoms with E-state index < -0.39 is 5.97 Å². The number of carbonyl (C=O) groups is 1. The molecule has 96 valence electrons. The van der Waals surface area contributed by atoms with Gasteiger partial charge in [-0.25, -0.2) is 4.79 Å². The molecule has 0 atom stereocenters. The summed E-state index contributed by atoms with van der Waals surface area (Å²) in [5.41, 5.74) is 0.912. The van der Waals surface area contributed by atoms with Crippen LogP contribution in [0.2, 0.25) is 0 Å². The first-order chi connectivity index (χ1) is 9.15. The molecule has 3 aromatic heterocycles. The number of fused-ring (bicyclic) bond motifs is 1. The van der Waals surface area contributed by atoms with E-state index in [-0.39, 0.29) is 9.75 Å². The van der Waals surface area contributed by atoms with Crippen LogP contribution in [0, 0.1) is 0 Å². The zero-order chi connectivity index (χ0) is 13.4. The minimum atomic E-state index is -0.964. The number of hydrogen-bond acceptors (Lipinski definition) is 5. The molecule has 0 aromatic carbocycles. The van der Waals surface area contributed by atoms with Crippen LogP contribution in [-0.4, -0.2) is 20.6 Å². The van der Waals surface area contributed by atoms with Crippen LogP contribution in [0.25, 0.3) is 9.53 Å². The van der Waals surface area contributed by atoms with Crippen molar-refractivity contribution in [2.24, 2.45) is 0 Å². The van der Waals surface area contributed by atoms with E-state index in [1.165, 1.54) is 0 Å². The molecule has 0 spiro atoms. The molecule has 3 heterocycles. The van der Waals surface area contributed by atoms with Crippen LogP contribution in [0.3, 0.4) is 0 Å². The smallest absolute Gasteiger partial charge is 0.345 e. The fourth-order valence-corrected chi connectivity index (χ4v) is 3.87. The standard InChI is InChI=1S/C12H8N2O3S2/c15-11(16)9-4-8-10(18-9)14(12(17)19-8)6-7-2-1-3-13-5-7/h1-5H,6H2,(H,15,16). The highest BCUT2D eigenvalue weighted by Crippen LogP contribution is 2.28. The van der Waals surface area contributed by atoms with Crippen LogP contribution in [0.5, 0.6) is 0 Å². The van der Waals surface area contributed by atoms with E-state index in [1.807, 2.05) is 6.07 Å².